The Hall–Kier alpha value is -2.84. The van der Waals surface area contributed by atoms with Crippen LogP contribution in [-0.2, 0) is 16.8 Å². The quantitative estimate of drug-likeness (QED) is 0.220. The predicted octanol–water partition coefficient (Wildman–Crippen LogP) is 6.63. The average Bonchev–Trinajstić information content (AvgIpc) is 2.82. The van der Waals surface area contributed by atoms with Crippen molar-refractivity contribution in [2.75, 3.05) is 13.7 Å². The van der Waals surface area contributed by atoms with Gasteiger partial charge in [-0.05, 0) is 62.8 Å². The normalized spacial score (nSPS) is 11.4. The molecule has 1 amide bonds. The average molecular weight is 604 g/mol. The van der Waals surface area contributed by atoms with Gasteiger partial charge in [-0.1, -0.05) is 67.0 Å². The molecule has 184 valence electrons. The Morgan fingerprint density at radius 1 is 1.00 bits per heavy atom. The van der Waals surface area contributed by atoms with Gasteiger partial charge in [0.2, 0.25) is 0 Å². The molecular weight excluding hydrogens is 576 g/mol. The molecule has 0 aliphatic heterocycles. The van der Waals surface area contributed by atoms with Gasteiger partial charge in [-0.2, -0.15) is 5.10 Å². The summed E-state index contributed by atoms with van der Waals surface area (Å²) >= 11 is 7.02. The molecule has 0 aromatic heterocycles. The summed E-state index contributed by atoms with van der Waals surface area (Å²) in [5.41, 5.74) is 5.16. The molecule has 3 rings (SSSR count). The molecule has 35 heavy (non-hydrogen) atoms. The van der Waals surface area contributed by atoms with E-state index in [9.17, 15) is 4.79 Å². The van der Waals surface area contributed by atoms with Gasteiger partial charge >= 0.3 is 0 Å². The fourth-order valence-electron chi connectivity index (χ4n) is 3.25. The Morgan fingerprint density at radius 3 is 2.43 bits per heavy atom. The molecule has 8 heteroatoms. The van der Waals surface area contributed by atoms with Crippen LogP contribution in [0.25, 0.3) is 0 Å². The third-order valence-electron chi connectivity index (χ3n) is 4.99. The maximum atomic E-state index is 12.3. The van der Waals surface area contributed by atoms with Crippen LogP contribution < -0.4 is 19.6 Å². The summed E-state index contributed by atoms with van der Waals surface area (Å²) in [6, 6.07) is 19.3. The first-order chi connectivity index (χ1) is 16.7. The van der Waals surface area contributed by atoms with Crippen LogP contribution in [0.2, 0.25) is 0 Å². The van der Waals surface area contributed by atoms with E-state index in [1.54, 1.807) is 13.2 Å². The third-order valence-corrected chi connectivity index (χ3v) is 6.07. The molecule has 0 fully saturated rings. The second-order valence-corrected chi connectivity index (χ2v) is 10.6. The Bertz CT molecular complexity index is 1190. The van der Waals surface area contributed by atoms with Gasteiger partial charge < -0.3 is 14.2 Å². The van der Waals surface area contributed by atoms with Crippen LogP contribution in [0.15, 0.2) is 74.7 Å². The smallest absolute Gasteiger partial charge is 0.277 e. The fraction of sp³-hybridized carbons (Fsp3) is 0.259. The van der Waals surface area contributed by atoms with E-state index in [4.69, 9.17) is 14.2 Å². The van der Waals surface area contributed by atoms with Crippen molar-refractivity contribution in [1.29, 1.82) is 0 Å². The number of ether oxygens (including phenoxy) is 3. The Labute approximate surface area is 222 Å². The van der Waals surface area contributed by atoms with Gasteiger partial charge in [0.15, 0.2) is 18.1 Å². The van der Waals surface area contributed by atoms with Crippen molar-refractivity contribution in [2.24, 2.45) is 5.10 Å². The van der Waals surface area contributed by atoms with Crippen LogP contribution in [0.4, 0.5) is 0 Å². The molecule has 0 saturated heterocycles. The molecule has 0 spiro atoms. The second kappa shape index (κ2) is 12.2. The zero-order valence-corrected chi connectivity index (χ0v) is 23.3. The minimum Gasteiger partial charge on any atom is -0.493 e. The molecule has 1 N–H and O–H groups in total. The molecule has 0 saturated carbocycles. The number of hydrogen-bond acceptors (Lipinski definition) is 5. The molecule has 0 radical (unpaired) electrons. The van der Waals surface area contributed by atoms with Gasteiger partial charge in [0.25, 0.3) is 5.91 Å². The molecule has 6 nitrogen and oxygen atoms in total. The Kier molecular flexibility index (Phi) is 9.34. The van der Waals surface area contributed by atoms with E-state index in [1.807, 2.05) is 54.6 Å². The molecule has 0 heterocycles. The first-order valence-corrected chi connectivity index (χ1v) is 12.5. The van der Waals surface area contributed by atoms with Gasteiger partial charge in [0, 0.05) is 10.0 Å². The van der Waals surface area contributed by atoms with E-state index in [0.717, 1.165) is 21.2 Å². The molecule has 0 unspecified atom stereocenters. The molecule has 0 bridgehead atoms. The molecular formula is C27H28Br2N2O4. The number of hydrazone groups is 1. The van der Waals surface area contributed by atoms with Crippen LogP contribution in [0, 0.1) is 0 Å². The topological polar surface area (TPSA) is 69.2 Å². The van der Waals surface area contributed by atoms with Gasteiger partial charge in [-0.3, -0.25) is 4.79 Å². The second-order valence-electron chi connectivity index (χ2n) is 8.78. The lowest BCUT2D eigenvalue weighted by Gasteiger charge is -2.23. The number of carbonyl (C=O) groups excluding carboxylic acids is 1. The van der Waals surface area contributed by atoms with Gasteiger partial charge in [0.1, 0.15) is 12.4 Å². The summed E-state index contributed by atoms with van der Waals surface area (Å²) in [5.74, 6) is 1.45. The number of nitrogens with one attached hydrogen (secondary N) is 1. The number of hydrogen-bond donors (Lipinski definition) is 1. The SMILES string of the molecule is COc1cc(/C=N/NC(=O)COc2ccc(Br)cc2C(C)(C)C)cc(Br)c1OCc1ccccc1. The van der Waals surface area contributed by atoms with Crippen LogP contribution >= 0.6 is 31.9 Å². The highest BCUT2D eigenvalue weighted by Gasteiger charge is 2.20. The minimum absolute atomic E-state index is 0.128. The highest BCUT2D eigenvalue weighted by atomic mass is 79.9. The van der Waals surface area contributed by atoms with E-state index < -0.39 is 0 Å². The lowest BCUT2D eigenvalue weighted by molar-refractivity contribution is -0.123. The van der Waals surface area contributed by atoms with E-state index in [1.165, 1.54) is 6.21 Å². The number of amides is 1. The van der Waals surface area contributed by atoms with E-state index in [2.05, 4.69) is 63.2 Å². The van der Waals surface area contributed by atoms with E-state index >= 15 is 0 Å². The van der Waals surface area contributed by atoms with Crippen molar-refractivity contribution in [1.82, 2.24) is 5.43 Å². The van der Waals surface area contributed by atoms with Gasteiger partial charge in [-0.25, -0.2) is 5.43 Å². The number of halogens is 2. The summed E-state index contributed by atoms with van der Waals surface area (Å²) in [5, 5.41) is 4.05. The van der Waals surface area contributed by atoms with E-state index in [0.29, 0.717) is 28.3 Å². The molecule has 0 aliphatic rings. The number of carbonyl (C=O) groups is 1. The molecule has 3 aromatic rings. The van der Waals surface area contributed by atoms with Crippen LogP contribution in [-0.4, -0.2) is 25.8 Å². The van der Waals surface area contributed by atoms with Crippen LogP contribution in [0.3, 0.4) is 0 Å². The molecule has 3 aromatic carbocycles. The Morgan fingerprint density at radius 2 is 1.74 bits per heavy atom. The largest absolute Gasteiger partial charge is 0.493 e. The summed E-state index contributed by atoms with van der Waals surface area (Å²) < 4.78 is 18.9. The summed E-state index contributed by atoms with van der Waals surface area (Å²) in [6.07, 6.45) is 1.53. The van der Waals surface area contributed by atoms with Crippen molar-refractivity contribution in [3.05, 3.63) is 86.3 Å². The highest BCUT2D eigenvalue weighted by Crippen LogP contribution is 2.37. The van der Waals surface area contributed by atoms with Crippen molar-refractivity contribution < 1.29 is 19.0 Å². The number of rotatable bonds is 9. The lowest BCUT2D eigenvalue weighted by Crippen LogP contribution is -2.25. The number of methoxy groups -OCH3 is 1. The van der Waals surface area contributed by atoms with Gasteiger partial charge in [0.05, 0.1) is 17.8 Å². The maximum Gasteiger partial charge on any atom is 0.277 e. The number of benzene rings is 3. The first kappa shape index (κ1) is 26.8. The van der Waals surface area contributed by atoms with Gasteiger partial charge in [-0.15, -0.1) is 0 Å². The zero-order valence-electron chi connectivity index (χ0n) is 20.1. The maximum absolute atomic E-state index is 12.3. The van der Waals surface area contributed by atoms with E-state index in [-0.39, 0.29) is 17.9 Å². The Balaban J connectivity index is 1.60. The highest BCUT2D eigenvalue weighted by molar-refractivity contribution is 9.10. The monoisotopic (exact) mass is 602 g/mol. The summed E-state index contributed by atoms with van der Waals surface area (Å²) in [7, 11) is 1.57. The summed E-state index contributed by atoms with van der Waals surface area (Å²) in [4.78, 5) is 12.3. The number of nitrogens with zero attached hydrogens (tertiary/aromatic N) is 1. The minimum atomic E-state index is -0.363. The van der Waals surface area contributed by atoms with Crippen molar-refractivity contribution >= 4 is 44.0 Å². The standard InChI is InChI=1S/C27H28Br2N2O4/c1-27(2,3)21-14-20(28)10-11-23(21)34-17-25(32)31-30-15-19-12-22(29)26(24(13-19)33-4)35-16-18-8-6-5-7-9-18/h5-15H,16-17H2,1-4H3,(H,31,32)/b30-15+. The van der Waals surface area contributed by atoms with Crippen LogP contribution in [0.1, 0.15) is 37.5 Å². The van der Waals surface area contributed by atoms with Crippen molar-refractivity contribution in [3.63, 3.8) is 0 Å². The summed E-state index contributed by atoms with van der Waals surface area (Å²) in [6.45, 7) is 6.54. The zero-order chi connectivity index (χ0) is 25.4. The van der Waals surface area contributed by atoms with Crippen molar-refractivity contribution in [2.45, 2.75) is 32.8 Å². The molecule has 0 atom stereocenters. The lowest BCUT2D eigenvalue weighted by atomic mass is 9.86. The fourth-order valence-corrected chi connectivity index (χ4v) is 4.19. The predicted molar refractivity (Wildman–Crippen MR) is 146 cm³/mol. The van der Waals surface area contributed by atoms with Crippen molar-refractivity contribution in [3.8, 4) is 17.2 Å². The third kappa shape index (κ3) is 7.83. The first-order valence-electron chi connectivity index (χ1n) is 11.0. The molecule has 0 aliphatic carbocycles. The van der Waals surface area contributed by atoms with Crippen LogP contribution in [0.5, 0.6) is 17.2 Å².